The number of nitrogens with one attached hydrogen (secondary N) is 3. The molecule has 0 bridgehead atoms. The van der Waals surface area contributed by atoms with Crippen molar-refractivity contribution in [2.45, 2.75) is 141 Å². The number of likely N-dealkylation sites (tertiary alicyclic amines) is 2. The Morgan fingerprint density at radius 1 is 0.651 bits per heavy atom. The first kappa shape index (κ1) is 47.3. The van der Waals surface area contributed by atoms with Crippen LogP contribution in [-0.2, 0) is 25.6 Å². The van der Waals surface area contributed by atoms with E-state index in [0.29, 0.717) is 60.4 Å². The zero-order chi connectivity index (χ0) is 44.7. The first-order chi connectivity index (χ1) is 30.4. The normalized spacial score (nSPS) is 18.9. The number of aliphatic carboxylic acids is 1. The van der Waals surface area contributed by atoms with Gasteiger partial charge in [-0.1, -0.05) is 64.5 Å². The number of amides is 5. The van der Waals surface area contributed by atoms with E-state index in [0.717, 1.165) is 58.0 Å². The molecule has 0 radical (unpaired) electrons. The molecule has 2 heterocycles. The fraction of sp³-hybridized carbons (Fsp3) is 0.633. The highest BCUT2D eigenvalue weighted by Crippen LogP contribution is 2.40. The van der Waals surface area contributed by atoms with Crippen LogP contribution in [-0.4, -0.2) is 102 Å². The standard InChI is InChI=1S/C49H69N5O9/c1-33(2)30-41(51-43(55)32-62-39-22-18-37(19-23-39)47(58)53-26-10-5-11-27-53)45(56)52-42(48(59)60)31-34-16-20-40(21-17-34)63-49(61)54-28-24-38(25-29-54)50-46(57)44(35-12-6-3-7-13-35)36-14-8-4-9-15-36/h16-23,33,35-36,38,41-42,44H,3-15,24-32H2,1-2H3,(H,50,57)(H,51,55)(H,52,56)(H,59,60)/t41-,42-/m0/s1. The quantitative estimate of drug-likeness (QED) is 0.132. The van der Waals surface area contributed by atoms with Crippen LogP contribution in [0.5, 0.6) is 11.5 Å². The van der Waals surface area contributed by atoms with E-state index >= 15 is 0 Å². The molecule has 2 aliphatic heterocycles. The summed E-state index contributed by atoms with van der Waals surface area (Å²) in [4.78, 5) is 81.9. The fourth-order valence-corrected chi connectivity index (χ4v) is 9.93. The van der Waals surface area contributed by atoms with Crippen LogP contribution < -0.4 is 25.4 Å². The monoisotopic (exact) mass is 872 g/mol. The molecule has 4 fully saturated rings. The molecular formula is C49H69N5O9. The van der Waals surface area contributed by atoms with Crippen LogP contribution >= 0.6 is 0 Å². The summed E-state index contributed by atoms with van der Waals surface area (Å²) in [5.41, 5.74) is 1.15. The molecule has 14 nitrogen and oxygen atoms in total. The average molecular weight is 872 g/mol. The van der Waals surface area contributed by atoms with Crippen molar-refractivity contribution in [2.75, 3.05) is 32.8 Å². The van der Waals surface area contributed by atoms with Gasteiger partial charge in [-0.25, -0.2) is 9.59 Å². The molecule has 0 aromatic heterocycles. The molecule has 2 saturated carbocycles. The maximum atomic E-state index is 13.8. The first-order valence-corrected chi connectivity index (χ1v) is 23.6. The van der Waals surface area contributed by atoms with Gasteiger partial charge in [0, 0.05) is 50.1 Å². The number of ether oxygens (including phenoxy) is 2. The lowest BCUT2D eigenvalue weighted by Gasteiger charge is -2.38. The molecule has 344 valence electrons. The van der Waals surface area contributed by atoms with Gasteiger partial charge in [-0.15, -0.1) is 0 Å². The molecule has 2 aromatic rings. The van der Waals surface area contributed by atoms with E-state index < -0.39 is 36.0 Å². The van der Waals surface area contributed by atoms with Gasteiger partial charge in [0.1, 0.15) is 23.6 Å². The van der Waals surface area contributed by atoms with Crippen molar-refractivity contribution in [1.29, 1.82) is 0 Å². The van der Waals surface area contributed by atoms with Crippen LogP contribution in [0, 0.1) is 23.7 Å². The molecule has 2 aromatic carbocycles. The predicted molar refractivity (Wildman–Crippen MR) is 238 cm³/mol. The Morgan fingerprint density at radius 2 is 1.22 bits per heavy atom. The van der Waals surface area contributed by atoms with Gasteiger partial charge in [0.2, 0.25) is 11.8 Å². The number of carboxylic acid groups (broad SMARTS) is 1. The van der Waals surface area contributed by atoms with Gasteiger partial charge in [-0.2, -0.15) is 0 Å². The van der Waals surface area contributed by atoms with Crippen molar-refractivity contribution in [3.8, 4) is 11.5 Å². The van der Waals surface area contributed by atoms with Gasteiger partial charge in [-0.3, -0.25) is 19.2 Å². The Labute approximate surface area is 372 Å². The molecule has 14 heteroatoms. The maximum absolute atomic E-state index is 13.8. The minimum absolute atomic E-state index is 0.00684. The van der Waals surface area contributed by atoms with Crippen molar-refractivity contribution in [3.63, 3.8) is 0 Å². The fourth-order valence-electron chi connectivity index (χ4n) is 9.93. The average Bonchev–Trinajstić information content (AvgIpc) is 3.29. The molecule has 0 unspecified atom stereocenters. The number of benzene rings is 2. The number of rotatable bonds is 17. The summed E-state index contributed by atoms with van der Waals surface area (Å²) in [5.74, 6) is -0.480. The molecular weight excluding hydrogens is 803 g/mol. The molecule has 6 rings (SSSR count). The molecule has 0 spiro atoms. The minimum atomic E-state index is -1.29. The molecule has 4 aliphatic rings. The predicted octanol–water partition coefficient (Wildman–Crippen LogP) is 6.89. The van der Waals surface area contributed by atoms with Gasteiger partial charge in [0.15, 0.2) is 6.61 Å². The number of piperidine rings is 2. The van der Waals surface area contributed by atoms with Crippen LogP contribution in [0.25, 0.3) is 0 Å². The van der Waals surface area contributed by atoms with Gasteiger partial charge in [0.25, 0.3) is 11.8 Å². The van der Waals surface area contributed by atoms with E-state index in [1.165, 1.54) is 38.5 Å². The number of carbonyl (C=O) groups excluding carboxylic acids is 5. The van der Waals surface area contributed by atoms with Crippen molar-refractivity contribution in [1.82, 2.24) is 25.8 Å². The second-order valence-corrected chi connectivity index (χ2v) is 18.6. The highest BCUT2D eigenvalue weighted by Gasteiger charge is 2.38. The molecule has 2 saturated heterocycles. The smallest absolute Gasteiger partial charge is 0.415 e. The van der Waals surface area contributed by atoms with Gasteiger partial charge in [0.05, 0.1) is 0 Å². The Kier molecular flexibility index (Phi) is 17.7. The molecule has 4 N–H and O–H groups in total. The van der Waals surface area contributed by atoms with Gasteiger partial charge >= 0.3 is 12.1 Å². The number of nitrogens with zero attached hydrogens (tertiary/aromatic N) is 2. The van der Waals surface area contributed by atoms with Crippen LogP contribution in [0.3, 0.4) is 0 Å². The number of hydrogen-bond acceptors (Lipinski definition) is 8. The number of hydrogen-bond donors (Lipinski definition) is 4. The summed E-state index contributed by atoms with van der Waals surface area (Å²) in [7, 11) is 0. The van der Waals surface area contributed by atoms with E-state index in [1.54, 1.807) is 53.4 Å². The second-order valence-electron chi connectivity index (χ2n) is 18.6. The number of carboxylic acids is 1. The topological polar surface area (TPSA) is 184 Å². The van der Waals surface area contributed by atoms with Crippen LogP contribution in [0.1, 0.15) is 133 Å². The lowest BCUT2D eigenvalue weighted by Crippen LogP contribution is -2.53. The van der Waals surface area contributed by atoms with Crippen LogP contribution in [0.4, 0.5) is 4.79 Å². The summed E-state index contributed by atoms with van der Waals surface area (Å²) in [6, 6.07) is 10.8. The summed E-state index contributed by atoms with van der Waals surface area (Å²) in [6.45, 7) is 5.84. The zero-order valence-electron chi connectivity index (χ0n) is 37.3. The molecule has 2 atom stereocenters. The van der Waals surface area contributed by atoms with Crippen molar-refractivity contribution >= 4 is 35.7 Å². The summed E-state index contributed by atoms with van der Waals surface area (Å²) < 4.78 is 11.3. The Bertz CT molecular complexity index is 1810. The molecule has 63 heavy (non-hydrogen) atoms. The van der Waals surface area contributed by atoms with Crippen LogP contribution in [0.2, 0.25) is 0 Å². The highest BCUT2D eigenvalue weighted by atomic mass is 16.6. The van der Waals surface area contributed by atoms with Crippen molar-refractivity contribution in [3.05, 3.63) is 59.7 Å². The third-order valence-electron chi connectivity index (χ3n) is 13.4. The lowest BCUT2D eigenvalue weighted by molar-refractivity contribution is -0.142. The largest absolute Gasteiger partial charge is 0.484 e. The zero-order valence-corrected chi connectivity index (χ0v) is 37.3. The highest BCUT2D eigenvalue weighted by molar-refractivity contribution is 5.94. The number of carbonyl (C=O) groups is 6. The lowest BCUT2D eigenvalue weighted by atomic mass is 9.69. The molecule has 2 aliphatic carbocycles. The SMILES string of the molecule is CC(C)C[C@H](NC(=O)COc1ccc(C(=O)N2CCCCC2)cc1)C(=O)N[C@@H](Cc1ccc(OC(=O)N2CCC(NC(=O)C(C3CCCCC3)C3CCCCC3)CC2)cc1)C(=O)O. The Morgan fingerprint density at radius 3 is 1.79 bits per heavy atom. The van der Waals surface area contributed by atoms with E-state index in [4.69, 9.17) is 9.47 Å². The summed E-state index contributed by atoms with van der Waals surface area (Å²) >= 11 is 0. The molecule has 5 amide bonds. The second kappa shape index (κ2) is 23.5. The third kappa shape index (κ3) is 14.2. The van der Waals surface area contributed by atoms with E-state index in [9.17, 15) is 33.9 Å². The van der Waals surface area contributed by atoms with E-state index in [-0.39, 0.29) is 49.1 Å². The van der Waals surface area contributed by atoms with E-state index in [1.807, 2.05) is 18.7 Å². The van der Waals surface area contributed by atoms with Crippen molar-refractivity contribution < 1.29 is 43.3 Å². The summed E-state index contributed by atoms with van der Waals surface area (Å²) in [5, 5.41) is 18.7. The van der Waals surface area contributed by atoms with E-state index in [2.05, 4.69) is 16.0 Å². The van der Waals surface area contributed by atoms with Crippen LogP contribution in [0.15, 0.2) is 48.5 Å². The third-order valence-corrected chi connectivity index (χ3v) is 13.4. The van der Waals surface area contributed by atoms with Gasteiger partial charge in [-0.05, 0) is 124 Å². The van der Waals surface area contributed by atoms with Crippen molar-refractivity contribution in [2.24, 2.45) is 23.7 Å². The first-order valence-electron chi connectivity index (χ1n) is 23.6. The van der Waals surface area contributed by atoms with Gasteiger partial charge < -0.3 is 40.3 Å². The minimum Gasteiger partial charge on any atom is -0.484 e. The Hall–Kier alpha value is -5.14. The summed E-state index contributed by atoms with van der Waals surface area (Å²) in [6.07, 6.45) is 16.2. The Balaban J connectivity index is 0.940. The maximum Gasteiger partial charge on any atom is 0.415 e.